The van der Waals surface area contributed by atoms with Crippen molar-refractivity contribution in [3.05, 3.63) is 65.7 Å². The molecule has 1 atom stereocenters. The number of carbonyl (C=O) groups is 2. The fraction of sp³-hybridized carbons (Fsp3) is 0.333. The molecule has 1 N–H and O–H groups in total. The minimum Gasteiger partial charge on any atom is -0.355 e. The number of nitrogens with one attached hydrogen (secondary N) is 1. The van der Waals surface area contributed by atoms with E-state index in [1.54, 1.807) is 13.0 Å². The molecule has 31 heavy (non-hydrogen) atoms. The summed E-state index contributed by atoms with van der Waals surface area (Å²) in [4.78, 5) is 26.6. The van der Waals surface area contributed by atoms with Crippen LogP contribution in [-0.2, 0) is 26.2 Å². The molecule has 7 nitrogen and oxygen atoms in total. The number of halogens is 2. The maximum absolute atomic E-state index is 14.2. The lowest BCUT2D eigenvalue weighted by molar-refractivity contribution is -0.139. The highest BCUT2D eigenvalue weighted by Crippen LogP contribution is 2.20. The topological polar surface area (TPSA) is 86.8 Å². The van der Waals surface area contributed by atoms with Gasteiger partial charge in [-0.15, -0.1) is 0 Å². The molecule has 0 saturated heterocycles. The first-order chi connectivity index (χ1) is 14.5. The molecule has 0 spiro atoms. The van der Waals surface area contributed by atoms with Crippen LogP contribution in [0.2, 0.25) is 0 Å². The lowest BCUT2D eigenvalue weighted by atomic mass is 10.1. The van der Waals surface area contributed by atoms with Gasteiger partial charge in [-0.25, -0.2) is 17.2 Å². The largest absolute Gasteiger partial charge is 0.355 e. The van der Waals surface area contributed by atoms with E-state index in [-0.39, 0.29) is 17.8 Å². The zero-order valence-electron chi connectivity index (χ0n) is 17.5. The van der Waals surface area contributed by atoms with Gasteiger partial charge in [-0.2, -0.15) is 0 Å². The van der Waals surface area contributed by atoms with Gasteiger partial charge < -0.3 is 10.2 Å². The molecule has 168 valence electrons. The van der Waals surface area contributed by atoms with Crippen LogP contribution >= 0.6 is 0 Å². The summed E-state index contributed by atoms with van der Waals surface area (Å²) in [7, 11) is -3.96. The SMILES string of the molecule is CCNC(=O)[C@@H](C)N(Cc1ccccc1F)C(=O)CN(c1cccc(F)c1)S(C)(=O)=O. The Morgan fingerprint density at radius 1 is 1.10 bits per heavy atom. The molecule has 2 aromatic rings. The third-order valence-corrected chi connectivity index (χ3v) is 5.73. The lowest BCUT2D eigenvalue weighted by Gasteiger charge is -2.31. The van der Waals surface area contributed by atoms with Gasteiger partial charge in [0, 0.05) is 18.7 Å². The minimum atomic E-state index is -3.96. The van der Waals surface area contributed by atoms with Crippen molar-refractivity contribution in [2.75, 3.05) is 23.7 Å². The molecule has 0 aliphatic carbocycles. The van der Waals surface area contributed by atoms with Crippen molar-refractivity contribution in [1.82, 2.24) is 10.2 Å². The highest BCUT2D eigenvalue weighted by Gasteiger charge is 2.30. The molecule has 0 saturated carbocycles. The van der Waals surface area contributed by atoms with Crippen LogP contribution in [0.3, 0.4) is 0 Å². The van der Waals surface area contributed by atoms with E-state index in [4.69, 9.17) is 0 Å². The van der Waals surface area contributed by atoms with Crippen LogP contribution < -0.4 is 9.62 Å². The molecule has 0 radical (unpaired) electrons. The average molecular weight is 454 g/mol. The van der Waals surface area contributed by atoms with E-state index >= 15 is 0 Å². The summed E-state index contributed by atoms with van der Waals surface area (Å²) in [6.45, 7) is 2.58. The first-order valence-corrected chi connectivity index (χ1v) is 11.4. The average Bonchev–Trinajstić information content (AvgIpc) is 2.70. The van der Waals surface area contributed by atoms with Gasteiger partial charge in [-0.1, -0.05) is 24.3 Å². The standard InChI is InChI=1S/C21H25F2N3O4S/c1-4-24-21(28)15(2)25(13-16-8-5-6-11-19(16)23)20(27)14-26(31(3,29)30)18-10-7-9-17(22)12-18/h5-12,15H,4,13-14H2,1-3H3,(H,24,28)/t15-/m1/s1. The number of nitrogens with zero attached hydrogens (tertiary/aromatic N) is 2. The molecule has 0 heterocycles. The third kappa shape index (κ3) is 6.48. The summed E-state index contributed by atoms with van der Waals surface area (Å²) in [5.74, 6) is -2.44. The van der Waals surface area contributed by atoms with E-state index in [9.17, 15) is 26.8 Å². The van der Waals surface area contributed by atoms with Crippen molar-refractivity contribution in [2.24, 2.45) is 0 Å². The Morgan fingerprint density at radius 2 is 1.77 bits per heavy atom. The van der Waals surface area contributed by atoms with Gasteiger partial charge >= 0.3 is 0 Å². The van der Waals surface area contributed by atoms with Gasteiger partial charge in [0.1, 0.15) is 24.2 Å². The molecule has 0 aliphatic rings. The summed E-state index contributed by atoms with van der Waals surface area (Å²) in [6.07, 6.45) is 0.889. The molecule has 2 amide bonds. The molecule has 0 aliphatic heterocycles. The normalized spacial score (nSPS) is 12.2. The van der Waals surface area contributed by atoms with Crippen LogP contribution in [0.5, 0.6) is 0 Å². The van der Waals surface area contributed by atoms with E-state index in [1.807, 2.05) is 0 Å². The van der Waals surface area contributed by atoms with Gasteiger partial charge in [0.15, 0.2) is 0 Å². The molecular weight excluding hydrogens is 428 g/mol. The van der Waals surface area contributed by atoms with Crippen LogP contribution in [0.25, 0.3) is 0 Å². The molecule has 0 unspecified atom stereocenters. The monoisotopic (exact) mass is 453 g/mol. The number of rotatable bonds is 9. The van der Waals surface area contributed by atoms with Gasteiger partial charge in [0.05, 0.1) is 11.9 Å². The van der Waals surface area contributed by atoms with Crippen LogP contribution in [0.15, 0.2) is 48.5 Å². The number of amides is 2. The molecule has 0 aromatic heterocycles. The Hall–Kier alpha value is -3.01. The number of anilines is 1. The number of benzene rings is 2. The molecule has 0 bridgehead atoms. The van der Waals surface area contributed by atoms with E-state index in [2.05, 4.69) is 5.32 Å². The van der Waals surface area contributed by atoms with Crippen LogP contribution in [0.4, 0.5) is 14.5 Å². The zero-order chi connectivity index (χ0) is 23.2. The molecule has 10 heteroatoms. The molecular formula is C21H25F2N3O4S. The van der Waals surface area contributed by atoms with E-state index < -0.39 is 46.1 Å². The number of likely N-dealkylation sites (N-methyl/N-ethyl adjacent to an activating group) is 1. The molecule has 2 aromatic carbocycles. The smallest absolute Gasteiger partial charge is 0.244 e. The Labute approximate surface area is 180 Å². The predicted octanol–water partition coefficient (Wildman–Crippen LogP) is 2.28. The fourth-order valence-electron chi connectivity index (χ4n) is 2.96. The zero-order valence-corrected chi connectivity index (χ0v) is 18.3. The van der Waals surface area contributed by atoms with Crippen molar-refractivity contribution in [3.8, 4) is 0 Å². The van der Waals surface area contributed by atoms with E-state index in [1.165, 1.54) is 37.3 Å². The molecule has 2 rings (SSSR count). The quantitative estimate of drug-likeness (QED) is 0.631. The van der Waals surface area contributed by atoms with Crippen molar-refractivity contribution in [3.63, 3.8) is 0 Å². The Morgan fingerprint density at radius 3 is 2.35 bits per heavy atom. The van der Waals surface area contributed by atoms with Gasteiger partial charge in [0.25, 0.3) is 0 Å². The van der Waals surface area contributed by atoms with Crippen molar-refractivity contribution < 1.29 is 26.8 Å². The third-order valence-electron chi connectivity index (χ3n) is 4.59. The summed E-state index contributed by atoms with van der Waals surface area (Å²) in [5, 5.41) is 2.60. The second-order valence-electron chi connectivity index (χ2n) is 6.93. The fourth-order valence-corrected chi connectivity index (χ4v) is 3.80. The first kappa shape index (κ1) is 24.3. The van der Waals surface area contributed by atoms with Crippen LogP contribution in [0.1, 0.15) is 19.4 Å². The molecule has 0 fully saturated rings. The van der Waals surface area contributed by atoms with Crippen molar-refractivity contribution >= 4 is 27.5 Å². The van der Waals surface area contributed by atoms with Crippen molar-refractivity contribution in [2.45, 2.75) is 26.4 Å². The number of hydrogen-bond acceptors (Lipinski definition) is 4. The van der Waals surface area contributed by atoms with Crippen molar-refractivity contribution in [1.29, 1.82) is 0 Å². The minimum absolute atomic E-state index is 0.0349. The Balaban J connectivity index is 2.40. The second kappa shape index (κ2) is 10.3. The second-order valence-corrected chi connectivity index (χ2v) is 8.84. The maximum atomic E-state index is 14.2. The summed E-state index contributed by atoms with van der Waals surface area (Å²) < 4.78 is 53.2. The van der Waals surface area contributed by atoms with Gasteiger partial charge in [0.2, 0.25) is 21.8 Å². The van der Waals surface area contributed by atoms with Gasteiger partial charge in [-0.3, -0.25) is 13.9 Å². The highest BCUT2D eigenvalue weighted by molar-refractivity contribution is 7.92. The first-order valence-electron chi connectivity index (χ1n) is 9.58. The number of sulfonamides is 1. The summed E-state index contributed by atoms with van der Waals surface area (Å²) in [5.41, 5.74) is 0.135. The van der Waals surface area contributed by atoms with Crippen LogP contribution in [-0.4, -0.2) is 50.5 Å². The Bertz CT molecular complexity index is 1050. The summed E-state index contributed by atoms with van der Waals surface area (Å²) in [6, 6.07) is 9.59. The lowest BCUT2D eigenvalue weighted by Crippen LogP contribution is -2.51. The van der Waals surface area contributed by atoms with E-state index in [0.29, 0.717) is 6.54 Å². The van der Waals surface area contributed by atoms with Crippen LogP contribution in [0, 0.1) is 11.6 Å². The summed E-state index contributed by atoms with van der Waals surface area (Å²) >= 11 is 0. The predicted molar refractivity (Wildman–Crippen MR) is 114 cm³/mol. The van der Waals surface area contributed by atoms with E-state index in [0.717, 1.165) is 27.6 Å². The highest BCUT2D eigenvalue weighted by atomic mass is 32.2. The number of carbonyl (C=O) groups excluding carboxylic acids is 2. The Kier molecular flexibility index (Phi) is 8.09. The van der Waals surface area contributed by atoms with Gasteiger partial charge in [-0.05, 0) is 38.1 Å². The number of hydrogen-bond donors (Lipinski definition) is 1. The maximum Gasteiger partial charge on any atom is 0.244 e.